The molecule has 1 aliphatic carbocycles. The molecule has 1 fully saturated rings. The molecule has 1 atom stereocenters. The lowest BCUT2D eigenvalue weighted by Gasteiger charge is -2.32. The molecule has 0 spiro atoms. The number of hydrogen-bond acceptors (Lipinski definition) is 2. The molecule has 1 saturated carbocycles. The molecule has 96 valence electrons. The van der Waals surface area contributed by atoms with E-state index in [0.29, 0.717) is 0 Å². The van der Waals surface area contributed by atoms with Gasteiger partial charge in [-0.05, 0) is 37.6 Å². The number of hydrogen-bond donors (Lipinski definition) is 1. The van der Waals surface area contributed by atoms with Crippen molar-refractivity contribution in [2.24, 2.45) is 17.6 Å². The third kappa shape index (κ3) is 4.84. The Morgan fingerprint density at radius 1 is 1.12 bits per heavy atom. The van der Waals surface area contributed by atoms with Gasteiger partial charge in [-0.25, -0.2) is 0 Å². The summed E-state index contributed by atoms with van der Waals surface area (Å²) in [6.45, 7) is 10.3. The smallest absolute Gasteiger partial charge is 0.00954 e. The second-order valence-electron chi connectivity index (χ2n) is 5.97. The summed E-state index contributed by atoms with van der Waals surface area (Å²) in [5, 5.41) is 0. The van der Waals surface area contributed by atoms with Crippen molar-refractivity contribution in [2.45, 2.75) is 58.9 Å². The monoisotopic (exact) mass is 226 g/mol. The Kier molecular flexibility index (Phi) is 6.37. The SMILES string of the molecule is CC(C)CN(CC(C)CCN)C1CCCC1. The van der Waals surface area contributed by atoms with Crippen LogP contribution in [0.2, 0.25) is 0 Å². The number of rotatable bonds is 7. The lowest BCUT2D eigenvalue weighted by Crippen LogP contribution is -2.39. The second kappa shape index (κ2) is 7.29. The summed E-state index contributed by atoms with van der Waals surface area (Å²) in [5.74, 6) is 1.54. The van der Waals surface area contributed by atoms with Crippen molar-refractivity contribution >= 4 is 0 Å². The van der Waals surface area contributed by atoms with E-state index in [2.05, 4.69) is 25.7 Å². The summed E-state index contributed by atoms with van der Waals surface area (Å²) < 4.78 is 0. The molecule has 2 nitrogen and oxygen atoms in total. The minimum atomic E-state index is 0.754. The Morgan fingerprint density at radius 3 is 2.25 bits per heavy atom. The van der Waals surface area contributed by atoms with Gasteiger partial charge in [-0.2, -0.15) is 0 Å². The molecular formula is C14H30N2. The first-order valence-electron chi connectivity index (χ1n) is 7.07. The van der Waals surface area contributed by atoms with E-state index in [4.69, 9.17) is 5.73 Å². The molecule has 0 aromatic heterocycles. The molecule has 2 N–H and O–H groups in total. The van der Waals surface area contributed by atoms with Gasteiger partial charge in [-0.15, -0.1) is 0 Å². The van der Waals surface area contributed by atoms with Crippen molar-refractivity contribution in [3.8, 4) is 0 Å². The first kappa shape index (κ1) is 14.0. The summed E-state index contributed by atoms with van der Waals surface area (Å²) in [4.78, 5) is 2.73. The van der Waals surface area contributed by atoms with Gasteiger partial charge in [0.1, 0.15) is 0 Å². The zero-order valence-corrected chi connectivity index (χ0v) is 11.4. The van der Waals surface area contributed by atoms with Crippen LogP contribution in [-0.4, -0.2) is 30.6 Å². The summed E-state index contributed by atoms with van der Waals surface area (Å²) in [7, 11) is 0. The van der Waals surface area contributed by atoms with Gasteiger partial charge in [0.15, 0.2) is 0 Å². The van der Waals surface area contributed by atoms with Gasteiger partial charge in [-0.1, -0.05) is 33.6 Å². The molecule has 0 aromatic carbocycles. The Labute approximate surface area is 102 Å². The predicted octanol–water partition coefficient (Wildman–Crippen LogP) is 2.87. The van der Waals surface area contributed by atoms with E-state index in [9.17, 15) is 0 Å². The maximum Gasteiger partial charge on any atom is 0.00954 e. The van der Waals surface area contributed by atoms with E-state index in [1.807, 2.05) is 0 Å². The zero-order chi connectivity index (χ0) is 12.0. The molecule has 0 aliphatic heterocycles. The van der Waals surface area contributed by atoms with Gasteiger partial charge >= 0.3 is 0 Å². The van der Waals surface area contributed by atoms with E-state index in [-0.39, 0.29) is 0 Å². The van der Waals surface area contributed by atoms with Crippen molar-refractivity contribution in [3.05, 3.63) is 0 Å². The summed E-state index contributed by atoms with van der Waals surface area (Å²) in [6, 6.07) is 0.864. The van der Waals surface area contributed by atoms with E-state index in [1.165, 1.54) is 45.2 Å². The van der Waals surface area contributed by atoms with Crippen LogP contribution >= 0.6 is 0 Å². The van der Waals surface area contributed by atoms with Gasteiger partial charge in [0.05, 0.1) is 0 Å². The minimum absolute atomic E-state index is 0.754. The Hall–Kier alpha value is -0.0800. The van der Waals surface area contributed by atoms with Gasteiger partial charge in [0.25, 0.3) is 0 Å². The summed E-state index contributed by atoms with van der Waals surface area (Å²) in [6.07, 6.45) is 6.88. The van der Waals surface area contributed by atoms with Crippen molar-refractivity contribution < 1.29 is 0 Å². The molecular weight excluding hydrogens is 196 g/mol. The third-order valence-corrected chi connectivity index (χ3v) is 3.65. The Morgan fingerprint density at radius 2 is 1.75 bits per heavy atom. The molecule has 1 aliphatic rings. The molecule has 16 heavy (non-hydrogen) atoms. The first-order valence-corrected chi connectivity index (χ1v) is 7.07. The van der Waals surface area contributed by atoms with Crippen molar-refractivity contribution in [3.63, 3.8) is 0 Å². The standard InChI is InChI=1S/C14H30N2/c1-12(2)10-16(11-13(3)8-9-15)14-6-4-5-7-14/h12-14H,4-11,15H2,1-3H3. The fourth-order valence-electron chi connectivity index (χ4n) is 2.89. The zero-order valence-electron chi connectivity index (χ0n) is 11.4. The van der Waals surface area contributed by atoms with Crippen LogP contribution in [0.25, 0.3) is 0 Å². The van der Waals surface area contributed by atoms with Gasteiger partial charge in [0, 0.05) is 19.1 Å². The van der Waals surface area contributed by atoms with Crippen molar-refractivity contribution in [2.75, 3.05) is 19.6 Å². The highest BCUT2D eigenvalue weighted by molar-refractivity contribution is 4.79. The highest BCUT2D eigenvalue weighted by Crippen LogP contribution is 2.25. The highest BCUT2D eigenvalue weighted by Gasteiger charge is 2.23. The van der Waals surface area contributed by atoms with Crippen molar-refractivity contribution in [1.82, 2.24) is 4.90 Å². The maximum atomic E-state index is 5.64. The van der Waals surface area contributed by atoms with Gasteiger partial charge < -0.3 is 5.73 Å². The van der Waals surface area contributed by atoms with E-state index < -0.39 is 0 Å². The summed E-state index contributed by atoms with van der Waals surface area (Å²) in [5.41, 5.74) is 5.64. The molecule has 0 amide bonds. The fraction of sp³-hybridized carbons (Fsp3) is 1.00. The largest absolute Gasteiger partial charge is 0.330 e. The number of nitrogens with zero attached hydrogens (tertiary/aromatic N) is 1. The predicted molar refractivity (Wildman–Crippen MR) is 71.5 cm³/mol. The molecule has 1 rings (SSSR count). The van der Waals surface area contributed by atoms with Crippen LogP contribution in [0.5, 0.6) is 0 Å². The Balaban J connectivity index is 2.42. The first-order chi connectivity index (χ1) is 7.63. The van der Waals surface area contributed by atoms with Crippen LogP contribution < -0.4 is 5.73 Å². The third-order valence-electron chi connectivity index (χ3n) is 3.65. The lowest BCUT2D eigenvalue weighted by atomic mass is 10.0. The van der Waals surface area contributed by atoms with Crippen LogP contribution in [0.1, 0.15) is 52.9 Å². The Bertz CT molecular complexity index is 174. The molecule has 1 unspecified atom stereocenters. The second-order valence-corrected chi connectivity index (χ2v) is 5.97. The van der Waals surface area contributed by atoms with Crippen LogP contribution in [0.15, 0.2) is 0 Å². The normalized spacial score (nSPS) is 19.9. The quantitative estimate of drug-likeness (QED) is 0.723. The lowest BCUT2D eigenvalue weighted by molar-refractivity contribution is 0.152. The molecule has 2 heteroatoms. The van der Waals surface area contributed by atoms with E-state index >= 15 is 0 Å². The average Bonchev–Trinajstić information content (AvgIpc) is 2.68. The maximum absolute atomic E-state index is 5.64. The van der Waals surface area contributed by atoms with Gasteiger partial charge in [-0.3, -0.25) is 4.90 Å². The average molecular weight is 226 g/mol. The fourth-order valence-corrected chi connectivity index (χ4v) is 2.89. The topological polar surface area (TPSA) is 29.3 Å². The molecule has 0 bridgehead atoms. The van der Waals surface area contributed by atoms with Crippen molar-refractivity contribution in [1.29, 1.82) is 0 Å². The van der Waals surface area contributed by atoms with Crippen LogP contribution in [0.3, 0.4) is 0 Å². The summed E-state index contributed by atoms with van der Waals surface area (Å²) >= 11 is 0. The minimum Gasteiger partial charge on any atom is -0.330 e. The van der Waals surface area contributed by atoms with E-state index in [0.717, 1.165) is 24.4 Å². The van der Waals surface area contributed by atoms with Gasteiger partial charge in [0.2, 0.25) is 0 Å². The number of nitrogens with two attached hydrogens (primary N) is 1. The van der Waals surface area contributed by atoms with Crippen LogP contribution in [-0.2, 0) is 0 Å². The van der Waals surface area contributed by atoms with Crippen LogP contribution in [0, 0.1) is 11.8 Å². The van der Waals surface area contributed by atoms with E-state index in [1.54, 1.807) is 0 Å². The van der Waals surface area contributed by atoms with Crippen LogP contribution in [0.4, 0.5) is 0 Å². The molecule has 0 heterocycles. The molecule has 0 aromatic rings. The molecule has 0 radical (unpaired) electrons. The highest BCUT2D eigenvalue weighted by atomic mass is 15.2. The molecule has 0 saturated heterocycles.